The second kappa shape index (κ2) is 15.2. The molecule has 0 fully saturated rings. The van der Waals surface area contributed by atoms with E-state index in [1.54, 1.807) is 18.2 Å². The molecule has 0 atom stereocenters. The minimum Gasteiger partial charge on any atom is -0.305 e. The van der Waals surface area contributed by atoms with E-state index in [2.05, 4.69) is 64.9 Å². The van der Waals surface area contributed by atoms with Gasteiger partial charge in [0, 0.05) is 43.0 Å². The van der Waals surface area contributed by atoms with Crippen molar-refractivity contribution in [2.75, 3.05) is 0 Å². The van der Waals surface area contributed by atoms with Crippen LogP contribution in [0.15, 0.2) is 85.2 Å². The molecule has 4 heterocycles. The molecule has 0 saturated carbocycles. The number of hydrogen-bond donors (Lipinski definition) is 0. The fourth-order valence-electron chi connectivity index (χ4n) is 6.35. The molecule has 7 aromatic rings. The number of aromatic nitrogens is 3. The summed E-state index contributed by atoms with van der Waals surface area (Å²) in [6.07, 6.45) is 3.24. The van der Waals surface area contributed by atoms with Crippen LogP contribution < -0.4 is 5.19 Å². The number of thiophene rings is 1. The Bertz CT molecular complexity index is 2450. The van der Waals surface area contributed by atoms with Gasteiger partial charge in [-0.3, -0.25) is 0 Å². The summed E-state index contributed by atoms with van der Waals surface area (Å²) < 4.78 is 47.2. The molecule has 3 nitrogen and oxygen atoms in total. The van der Waals surface area contributed by atoms with E-state index >= 15 is 0 Å². The van der Waals surface area contributed by atoms with Gasteiger partial charge in [0.25, 0.3) is 0 Å². The Balaban J connectivity index is 0.000000230. The van der Waals surface area contributed by atoms with Gasteiger partial charge in [-0.15, -0.1) is 59.7 Å². The molecule has 1 radical (unpaired) electrons. The van der Waals surface area contributed by atoms with E-state index in [0.29, 0.717) is 16.1 Å². The Morgan fingerprint density at radius 1 is 0.860 bits per heavy atom. The van der Waals surface area contributed by atoms with Crippen LogP contribution in [0.25, 0.3) is 53.9 Å². The van der Waals surface area contributed by atoms with Gasteiger partial charge in [-0.05, 0) is 82.9 Å². The summed E-state index contributed by atoms with van der Waals surface area (Å²) in [7, 11) is -1.50. The molecule has 0 unspecified atom stereocenters. The van der Waals surface area contributed by atoms with Crippen LogP contribution in [0.4, 0.5) is 4.39 Å². The fraction of sp³-hybridized carbons (Fsp3) is 0.233. The molecule has 0 amide bonds. The maximum absolute atomic E-state index is 14.9. The summed E-state index contributed by atoms with van der Waals surface area (Å²) in [5, 5.41) is 3.10. The van der Waals surface area contributed by atoms with Crippen LogP contribution >= 0.6 is 11.3 Å². The van der Waals surface area contributed by atoms with E-state index in [9.17, 15) is 4.39 Å². The van der Waals surface area contributed by atoms with Crippen molar-refractivity contribution >= 4 is 44.9 Å². The molecule has 0 N–H and O–H groups in total. The number of aryl methyl sites for hydroxylation is 4. The zero-order valence-electron chi connectivity index (χ0n) is 33.5. The van der Waals surface area contributed by atoms with Crippen molar-refractivity contribution in [2.24, 2.45) is 0 Å². The fourth-order valence-corrected chi connectivity index (χ4v) is 9.11. The predicted molar refractivity (Wildman–Crippen MR) is 209 cm³/mol. The molecule has 0 bridgehead atoms. The number of halogens is 1. The number of rotatable bonds is 5. The summed E-state index contributed by atoms with van der Waals surface area (Å²) in [5.41, 5.74) is 8.94. The third-order valence-electron chi connectivity index (χ3n) is 8.59. The van der Waals surface area contributed by atoms with Crippen LogP contribution in [0, 0.1) is 45.6 Å². The van der Waals surface area contributed by atoms with Gasteiger partial charge in [0.1, 0.15) is 10.6 Å². The first kappa shape index (κ1) is 32.1. The molecular weight excluding hydrogens is 830 g/mol. The van der Waals surface area contributed by atoms with Crippen LogP contribution in [0.2, 0.25) is 19.6 Å². The minimum absolute atomic E-state index is 0. The smallest absolute Gasteiger partial charge is 0.147 e. The molecule has 0 aliphatic heterocycles. The number of benzene rings is 3. The zero-order valence-corrected chi connectivity index (χ0v) is 33.8. The van der Waals surface area contributed by atoms with E-state index in [-0.39, 0.29) is 31.6 Å². The summed E-state index contributed by atoms with van der Waals surface area (Å²) in [4.78, 5) is 14.0. The second-order valence-corrected chi connectivity index (χ2v) is 19.7. The van der Waals surface area contributed by atoms with Crippen molar-refractivity contribution in [3.8, 4) is 33.6 Å². The average Bonchev–Trinajstić information content (AvgIpc) is 3.46. The molecule has 257 valence electrons. The van der Waals surface area contributed by atoms with Gasteiger partial charge < -0.3 is 9.97 Å². The molecular formula is C43H42FIrN3SSi-2. The number of fused-ring (bicyclic) bond motifs is 3. The Hall–Kier alpha value is -3.87. The van der Waals surface area contributed by atoms with Gasteiger partial charge in [-0.1, -0.05) is 80.3 Å². The van der Waals surface area contributed by atoms with E-state index in [1.807, 2.05) is 77.2 Å². The van der Waals surface area contributed by atoms with Crippen molar-refractivity contribution < 1.29 is 30.0 Å². The second-order valence-electron chi connectivity index (χ2n) is 13.7. The zero-order chi connectivity index (χ0) is 38.5. The molecule has 0 aliphatic rings. The Morgan fingerprint density at radius 2 is 1.60 bits per heavy atom. The minimum atomic E-state index is -2.27. The predicted octanol–water partition coefficient (Wildman–Crippen LogP) is 11.6. The standard InChI is InChI=1S/C26H20FN2S.C17H22NSi.Ir/c1-14-10-15(2)24(16(3)11-14)21-12-23(28-13-22(21)27)20-7-5-6-18-19-9-8-17(4)29-26(19)30-25(18)20;1-13(2)15-11-16(14-9-7-6-8-10-14)18-12-17(15)19(3,4)5;/h5-6,8-13H,1-4H3;6-9,11-13H,1-5H3;/q2*-1;/i4D3;13D;. The van der Waals surface area contributed by atoms with E-state index in [0.717, 1.165) is 60.1 Å². The molecule has 4 aromatic heterocycles. The van der Waals surface area contributed by atoms with E-state index in [4.69, 9.17) is 5.48 Å². The monoisotopic (exact) mass is 876 g/mol. The SMILES string of the molecule is [2H]C(C)(C)c1cc(-c2[c-]cccc2)ncc1[Si](C)(C)C.[2H]C([2H])([2H])c1ccc2c(n1)sc1c(-c3cc(-c4c(C)cc(C)cc4C)c(F)cn3)[c-]ccc12.[Ir]. The molecule has 3 aromatic carbocycles. The summed E-state index contributed by atoms with van der Waals surface area (Å²) in [6.45, 7) is 14.5. The van der Waals surface area contributed by atoms with Gasteiger partial charge >= 0.3 is 0 Å². The van der Waals surface area contributed by atoms with Gasteiger partial charge in [0.15, 0.2) is 0 Å². The third kappa shape index (κ3) is 7.72. The maximum atomic E-state index is 14.9. The van der Waals surface area contributed by atoms with Crippen molar-refractivity contribution in [1.29, 1.82) is 0 Å². The number of pyridine rings is 3. The third-order valence-corrected chi connectivity index (χ3v) is 11.7. The Kier molecular flexibility index (Phi) is 9.72. The van der Waals surface area contributed by atoms with Gasteiger partial charge in [0.2, 0.25) is 0 Å². The quantitative estimate of drug-likeness (QED) is 0.128. The topological polar surface area (TPSA) is 38.7 Å². The van der Waals surface area contributed by atoms with Crippen LogP contribution in [0.5, 0.6) is 0 Å². The first-order valence-electron chi connectivity index (χ1n) is 18.3. The van der Waals surface area contributed by atoms with Gasteiger partial charge in [-0.2, -0.15) is 11.3 Å². The maximum Gasteiger partial charge on any atom is 0.147 e. The van der Waals surface area contributed by atoms with Crippen molar-refractivity contribution in [3.63, 3.8) is 0 Å². The Morgan fingerprint density at radius 3 is 2.26 bits per heavy atom. The van der Waals surface area contributed by atoms with E-state index in [1.165, 1.54) is 22.7 Å². The number of hydrogen-bond acceptors (Lipinski definition) is 4. The Labute approximate surface area is 320 Å². The summed E-state index contributed by atoms with van der Waals surface area (Å²) in [5.74, 6) is -0.983. The van der Waals surface area contributed by atoms with Crippen LogP contribution in [-0.4, -0.2) is 23.0 Å². The largest absolute Gasteiger partial charge is 0.305 e. The molecule has 0 aliphatic carbocycles. The van der Waals surface area contributed by atoms with Crippen LogP contribution in [-0.2, 0) is 20.1 Å². The van der Waals surface area contributed by atoms with Crippen LogP contribution in [0.1, 0.15) is 53.2 Å². The first-order chi connectivity index (χ1) is 24.8. The summed E-state index contributed by atoms with van der Waals surface area (Å²) in [6, 6.07) is 29.4. The van der Waals surface area contributed by atoms with Crippen molar-refractivity contribution in [2.45, 2.75) is 67.0 Å². The molecule has 0 saturated heterocycles. The summed E-state index contributed by atoms with van der Waals surface area (Å²) >= 11 is 1.40. The van der Waals surface area contributed by atoms with E-state index < -0.39 is 20.8 Å². The van der Waals surface area contributed by atoms with Gasteiger partial charge in [0.05, 0.1) is 14.3 Å². The van der Waals surface area contributed by atoms with Crippen LogP contribution in [0.3, 0.4) is 0 Å². The van der Waals surface area contributed by atoms with Crippen molar-refractivity contribution in [1.82, 2.24) is 15.0 Å². The average molecular weight is 876 g/mol. The van der Waals surface area contributed by atoms with Gasteiger partial charge in [-0.25, -0.2) is 9.37 Å². The molecule has 7 heteroatoms. The number of nitrogens with zero attached hydrogens (tertiary/aromatic N) is 3. The van der Waals surface area contributed by atoms with Crippen molar-refractivity contribution in [3.05, 3.63) is 131 Å². The molecule has 0 spiro atoms. The first-order valence-corrected chi connectivity index (χ1v) is 20.6. The normalized spacial score (nSPS) is 13.1. The molecule has 50 heavy (non-hydrogen) atoms. The molecule has 7 rings (SSSR count).